The van der Waals surface area contributed by atoms with Crippen LogP contribution in [0.15, 0.2) is 30.3 Å². The number of nitriles is 1. The zero-order valence-electron chi connectivity index (χ0n) is 13.7. The number of aromatic nitrogens is 2. The van der Waals surface area contributed by atoms with Crippen LogP contribution in [0.2, 0.25) is 0 Å². The number of H-pyrrole nitrogens is 1. The van der Waals surface area contributed by atoms with Crippen LogP contribution in [0.3, 0.4) is 0 Å². The number of imidazole rings is 1. The Hall–Kier alpha value is -2.82. The summed E-state index contributed by atoms with van der Waals surface area (Å²) >= 11 is 0. The Kier molecular flexibility index (Phi) is 4.49. The highest BCUT2D eigenvalue weighted by Gasteiger charge is 2.18. The quantitative estimate of drug-likeness (QED) is 0.760. The van der Waals surface area contributed by atoms with Gasteiger partial charge in [0.2, 0.25) is 0 Å². The van der Waals surface area contributed by atoms with Crippen LogP contribution in [-0.4, -0.2) is 23.2 Å². The molecule has 0 aliphatic rings. The van der Waals surface area contributed by atoms with Gasteiger partial charge in [0.05, 0.1) is 23.2 Å². The van der Waals surface area contributed by atoms with Gasteiger partial charge in [-0.05, 0) is 42.3 Å². The van der Waals surface area contributed by atoms with Crippen molar-refractivity contribution in [1.82, 2.24) is 9.97 Å². The fourth-order valence-electron chi connectivity index (χ4n) is 2.58. The van der Waals surface area contributed by atoms with E-state index < -0.39 is 23.2 Å². The number of nitrogens with zero attached hydrogens (tertiary/aromatic N) is 2. The van der Waals surface area contributed by atoms with E-state index in [0.29, 0.717) is 28.0 Å². The Morgan fingerprint density at radius 3 is 2.48 bits per heavy atom. The highest BCUT2D eigenvalue weighted by molar-refractivity contribution is 5.82. The molecule has 0 saturated carbocycles. The summed E-state index contributed by atoms with van der Waals surface area (Å²) in [5.74, 6) is -1.21. The highest BCUT2D eigenvalue weighted by atomic mass is 19.1. The molecule has 0 spiro atoms. The van der Waals surface area contributed by atoms with Gasteiger partial charge in [-0.1, -0.05) is 6.07 Å². The summed E-state index contributed by atoms with van der Waals surface area (Å²) in [6.07, 6.45) is -0.221. The molecule has 1 heterocycles. The van der Waals surface area contributed by atoms with Gasteiger partial charge >= 0.3 is 0 Å². The molecule has 0 aliphatic heterocycles. The Morgan fingerprint density at radius 2 is 1.88 bits per heavy atom. The molecule has 0 amide bonds. The number of aromatic amines is 1. The van der Waals surface area contributed by atoms with Crippen LogP contribution in [-0.2, 0) is 4.74 Å². The number of nitrogens with two attached hydrogens (primary N) is 1. The van der Waals surface area contributed by atoms with Gasteiger partial charge in [0.25, 0.3) is 0 Å². The predicted molar refractivity (Wildman–Crippen MR) is 89.6 cm³/mol. The number of fused-ring (bicyclic) bond motifs is 1. The summed E-state index contributed by atoms with van der Waals surface area (Å²) < 4.78 is 32.9. The van der Waals surface area contributed by atoms with Crippen LogP contribution in [0.4, 0.5) is 8.78 Å². The lowest BCUT2D eigenvalue weighted by atomic mass is 10.0. The Labute approximate surface area is 143 Å². The summed E-state index contributed by atoms with van der Waals surface area (Å²) in [5, 5.41) is 8.76. The van der Waals surface area contributed by atoms with Crippen molar-refractivity contribution in [2.24, 2.45) is 5.73 Å². The molecule has 3 rings (SSSR count). The Balaban J connectivity index is 2.04. The summed E-state index contributed by atoms with van der Waals surface area (Å²) in [6, 6.07) is 8.54. The number of ether oxygens (including phenoxy) is 1. The molecule has 3 N–H and O–H groups in total. The maximum absolute atomic E-state index is 13.8. The van der Waals surface area contributed by atoms with Crippen molar-refractivity contribution in [2.45, 2.75) is 19.1 Å². The predicted octanol–water partition coefficient (Wildman–Crippen LogP) is 3.41. The maximum Gasteiger partial charge on any atom is 0.144 e. The summed E-state index contributed by atoms with van der Waals surface area (Å²) in [7, 11) is 1.57. The maximum atomic E-state index is 13.8. The Bertz CT molecular complexity index is 954. The molecule has 1 aromatic heterocycles. The molecular weight excluding hydrogens is 326 g/mol. The fraction of sp³-hybridized carbons (Fsp3) is 0.222. The van der Waals surface area contributed by atoms with Gasteiger partial charge in [0.15, 0.2) is 0 Å². The fourth-order valence-corrected chi connectivity index (χ4v) is 2.58. The van der Waals surface area contributed by atoms with E-state index in [4.69, 9.17) is 15.7 Å². The first-order valence-corrected chi connectivity index (χ1v) is 7.62. The number of methoxy groups -OCH3 is 1. The van der Waals surface area contributed by atoms with Crippen molar-refractivity contribution in [3.63, 3.8) is 0 Å². The highest BCUT2D eigenvalue weighted by Crippen LogP contribution is 2.27. The standard InChI is InChI=1S/C18H16F2N4O/c1-9(25-2)17(22)18-23-15-4-3-10(7-16(15)24-18)11-5-13(19)12(8-21)14(20)6-11/h3-7,9,17H,22H2,1-2H3,(H,23,24). The average Bonchev–Trinajstić information content (AvgIpc) is 3.03. The number of benzene rings is 2. The van der Waals surface area contributed by atoms with Crippen molar-refractivity contribution in [3.05, 3.63) is 53.4 Å². The molecule has 3 aromatic rings. The Morgan fingerprint density at radius 1 is 1.20 bits per heavy atom. The van der Waals surface area contributed by atoms with E-state index >= 15 is 0 Å². The molecule has 0 radical (unpaired) electrons. The zero-order chi connectivity index (χ0) is 18.1. The average molecular weight is 342 g/mol. The molecule has 25 heavy (non-hydrogen) atoms. The minimum atomic E-state index is -0.890. The molecule has 0 saturated heterocycles. The second-order valence-corrected chi connectivity index (χ2v) is 5.75. The molecule has 0 aliphatic carbocycles. The first kappa shape index (κ1) is 17.0. The number of nitrogens with one attached hydrogen (secondary N) is 1. The monoisotopic (exact) mass is 342 g/mol. The summed E-state index contributed by atoms with van der Waals surface area (Å²) in [6.45, 7) is 1.84. The van der Waals surface area contributed by atoms with Gasteiger partial charge in [-0.3, -0.25) is 0 Å². The van der Waals surface area contributed by atoms with Crippen LogP contribution in [0.25, 0.3) is 22.2 Å². The SMILES string of the molecule is COC(C)C(N)c1nc2ccc(-c3cc(F)c(C#N)c(F)c3)cc2[nH]1. The van der Waals surface area contributed by atoms with E-state index in [2.05, 4.69) is 9.97 Å². The van der Waals surface area contributed by atoms with Crippen molar-refractivity contribution in [1.29, 1.82) is 5.26 Å². The lowest BCUT2D eigenvalue weighted by molar-refractivity contribution is 0.0935. The first-order chi connectivity index (χ1) is 11.9. The van der Waals surface area contributed by atoms with Crippen LogP contribution < -0.4 is 5.73 Å². The van der Waals surface area contributed by atoms with E-state index in [1.165, 1.54) is 6.07 Å². The molecule has 0 bridgehead atoms. The summed E-state index contributed by atoms with van der Waals surface area (Å²) in [4.78, 5) is 7.54. The third kappa shape index (κ3) is 3.09. The topological polar surface area (TPSA) is 87.7 Å². The minimum absolute atomic E-state index is 0.221. The van der Waals surface area contributed by atoms with Gasteiger partial charge in [0.1, 0.15) is 29.1 Å². The number of rotatable bonds is 4. The number of halogens is 2. The van der Waals surface area contributed by atoms with Crippen LogP contribution >= 0.6 is 0 Å². The number of hydrogen-bond acceptors (Lipinski definition) is 4. The van der Waals surface area contributed by atoms with Crippen molar-refractivity contribution in [2.75, 3.05) is 7.11 Å². The molecule has 2 unspecified atom stereocenters. The van der Waals surface area contributed by atoms with Gasteiger partial charge in [-0.15, -0.1) is 0 Å². The molecule has 2 aromatic carbocycles. The van der Waals surface area contributed by atoms with Crippen molar-refractivity contribution >= 4 is 11.0 Å². The largest absolute Gasteiger partial charge is 0.380 e. The van der Waals surface area contributed by atoms with Gasteiger partial charge in [0, 0.05) is 7.11 Å². The lowest BCUT2D eigenvalue weighted by Gasteiger charge is -2.15. The molecule has 128 valence electrons. The van der Waals surface area contributed by atoms with Gasteiger partial charge < -0.3 is 15.5 Å². The minimum Gasteiger partial charge on any atom is -0.380 e. The molecule has 2 atom stereocenters. The van der Waals surface area contributed by atoms with Crippen molar-refractivity contribution < 1.29 is 13.5 Å². The van der Waals surface area contributed by atoms with Crippen LogP contribution in [0, 0.1) is 23.0 Å². The van der Waals surface area contributed by atoms with E-state index in [1.807, 2.05) is 6.92 Å². The van der Waals surface area contributed by atoms with Crippen molar-refractivity contribution in [3.8, 4) is 17.2 Å². The molecule has 5 nitrogen and oxygen atoms in total. The van der Waals surface area contributed by atoms with Crippen LogP contribution in [0.1, 0.15) is 24.4 Å². The zero-order valence-corrected chi connectivity index (χ0v) is 13.7. The lowest BCUT2D eigenvalue weighted by Crippen LogP contribution is -2.26. The third-order valence-corrected chi connectivity index (χ3v) is 4.18. The third-order valence-electron chi connectivity index (χ3n) is 4.18. The smallest absolute Gasteiger partial charge is 0.144 e. The van der Waals surface area contributed by atoms with Crippen LogP contribution in [0.5, 0.6) is 0 Å². The molecule has 7 heteroatoms. The first-order valence-electron chi connectivity index (χ1n) is 7.62. The second-order valence-electron chi connectivity index (χ2n) is 5.75. The van der Waals surface area contributed by atoms with E-state index in [-0.39, 0.29) is 6.10 Å². The second kappa shape index (κ2) is 6.59. The molecular formula is C18H16F2N4O. The van der Waals surface area contributed by atoms with E-state index in [1.54, 1.807) is 25.3 Å². The normalized spacial score (nSPS) is 13.6. The van der Waals surface area contributed by atoms with Gasteiger partial charge in [-0.2, -0.15) is 5.26 Å². The summed E-state index contributed by atoms with van der Waals surface area (Å²) in [5.41, 5.74) is 7.80. The van der Waals surface area contributed by atoms with Gasteiger partial charge in [-0.25, -0.2) is 13.8 Å². The van der Waals surface area contributed by atoms with E-state index in [0.717, 1.165) is 12.1 Å². The number of hydrogen-bond donors (Lipinski definition) is 2. The van der Waals surface area contributed by atoms with E-state index in [9.17, 15) is 8.78 Å². The molecule has 0 fully saturated rings.